The maximum Gasteiger partial charge on any atom is 0.126 e. The van der Waals surface area contributed by atoms with Crippen LogP contribution < -0.4 is 0 Å². The first-order chi connectivity index (χ1) is 11.1. The summed E-state index contributed by atoms with van der Waals surface area (Å²) in [6, 6.07) is 9.09. The number of thiophene rings is 1. The van der Waals surface area contributed by atoms with Crippen LogP contribution in [0.3, 0.4) is 0 Å². The van der Waals surface area contributed by atoms with E-state index < -0.39 is 5.60 Å². The molecule has 23 heavy (non-hydrogen) atoms. The van der Waals surface area contributed by atoms with Crippen LogP contribution in [-0.2, 0) is 12.0 Å². The number of aryl methyl sites for hydroxylation is 1. The monoisotopic (exact) mass is 333 g/mol. The average molecular weight is 333 g/mol. The lowest BCUT2D eigenvalue weighted by Gasteiger charge is -2.35. The smallest absolute Gasteiger partial charge is 0.126 e. The number of nitrogens with zero attached hydrogens (tertiary/aromatic N) is 1. The lowest BCUT2D eigenvalue weighted by Crippen LogP contribution is -2.40. The molecule has 0 aliphatic heterocycles. The van der Waals surface area contributed by atoms with Crippen LogP contribution in [-0.4, -0.2) is 29.1 Å². The largest absolute Gasteiger partial charge is 0.379 e. The Labute approximate surface area is 141 Å². The predicted molar refractivity (Wildman–Crippen MR) is 93.4 cm³/mol. The second-order valence-corrected chi connectivity index (χ2v) is 7.20. The Hall–Kier alpha value is -1.23. The maximum absolute atomic E-state index is 13.9. The lowest BCUT2D eigenvalue weighted by atomic mass is 9.85. The standard InChI is InChI=1S/C19H24FNOS/c1-3-21(4-2)16-10-8-14-7-9-15(20)12-17(14)19(22,13-16)18-6-5-11-23-18/h5-7,9,11-12,16,22H,3-4,8,10,13H2,1-2H3. The molecule has 1 aliphatic carbocycles. The van der Waals surface area contributed by atoms with Gasteiger partial charge in [-0.3, -0.25) is 0 Å². The van der Waals surface area contributed by atoms with Crippen molar-refractivity contribution < 1.29 is 9.50 Å². The summed E-state index contributed by atoms with van der Waals surface area (Å²) in [5, 5.41) is 13.6. The molecule has 1 aromatic carbocycles. The van der Waals surface area contributed by atoms with E-state index in [4.69, 9.17) is 0 Å². The highest BCUT2D eigenvalue weighted by atomic mass is 32.1. The molecule has 2 aromatic rings. The third kappa shape index (κ3) is 3.08. The highest BCUT2D eigenvalue weighted by Gasteiger charge is 2.40. The van der Waals surface area contributed by atoms with Crippen LogP contribution in [0, 0.1) is 5.82 Å². The fourth-order valence-corrected chi connectivity index (χ4v) is 4.67. The van der Waals surface area contributed by atoms with E-state index >= 15 is 0 Å². The van der Waals surface area contributed by atoms with Crippen molar-refractivity contribution in [1.29, 1.82) is 0 Å². The summed E-state index contributed by atoms with van der Waals surface area (Å²) in [6.07, 6.45) is 2.49. The van der Waals surface area contributed by atoms with Crippen LogP contribution in [0.4, 0.5) is 4.39 Å². The third-order valence-corrected chi connectivity index (χ3v) is 6.07. The molecule has 0 amide bonds. The molecule has 4 heteroatoms. The van der Waals surface area contributed by atoms with Gasteiger partial charge in [-0.05, 0) is 60.6 Å². The molecule has 0 bridgehead atoms. The first kappa shape index (κ1) is 16.6. The quantitative estimate of drug-likeness (QED) is 0.849. The van der Waals surface area contributed by atoms with E-state index in [0.717, 1.165) is 41.9 Å². The summed E-state index contributed by atoms with van der Waals surface area (Å²) >= 11 is 1.54. The highest BCUT2D eigenvalue weighted by molar-refractivity contribution is 7.10. The van der Waals surface area contributed by atoms with Gasteiger partial charge in [0.05, 0.1) is 0 Å². The number of benzene rings is 1. The maximum atomic E-state index is 13.9. The summed E-state index contributed by atoms with van der Waals surface area (Å²) in [5.41, 5.74) is 0.710. The van der Waals surface area contributed by atoms with Crippen LogP contribution in [0.5, 0.6) is 0 Å². The zero-order chi connectivity index (χ0) is 16.4. The summed E-state index contributed by atoms with van der Waals surface area (Å²) in [4.78, 5) is 3.31. The van der Waals surface area contributed by atoms with Gasteiger partial charge in [-0.25, -0.2) is 4.39 Å². The number of fused-ring (bicyclic) bond motifs is 1. The molecule has 2 unspecified atom stereocenters. The molecule has 2 nitrogen and oxygen atoms in total. The molecule has 0 saturated heterocycles. The zero-order valence-corrected chi connectivity index (χ0v) is 14.6. The number of hydrogen-bond donors (Lipinski definition) is 1. The van der Waals surface area contributed by atoms with Crippen molar-refractivity contribution in [1.82, 2.24) is 4.90 Å². The van der Waals surface area contributed by atoms with Gasteiger partial charge < -0.3 is 10.0 Å². The van der Waals surface area contributed by atoms with E-state index in [9.17, 15) is 9.50 Å². The molecule has 124 valence electrons. The van der Waals surface area contributed by atoms with Gasteiger partial charge in [-0.15, -0.1) is 11.3 Å². The Morgan fingerprint density at radius 3 is 2.74 bits per heavy atom. The van der Waals surface area contributed by atoms with Crippen molar-refractivity contribution in [3.63, 3.8) is 0 Å². The van der Waals surface area contributed by atoms with Crippen molar-refractivity contribution in [2.75, 3.05) is 13.1 Å². The SMILES string of the molecule is CCN(CC)C1CCc2ccc(F)cc2C(O)(c2cccs2)C1. The Kier molecular flexibility index (Phi) is 4.85. The van der Waals surface area contributed by atoms with Gasteiger partial charge in [0.1, 0.15) is 11.4 Å². The molecular weight excluding hydrogens is 309 g/mol. The summed E-state index contributed by atoms with van der Waals surface area (Å²) < 4.78 is 13.9. The zero-order valence-electron chi connectivity index (χ0n) is 13.8. The van der Waals surface area contributed by atoms with E-state index in [-0.39, 0.29) is 5.82 Å². The van der Waals surface area contributed by atoms with E-state index in [2.05, 4.69) is 18.7 Å². The lowest BCUT2D eigenvalue weighted by molar-refractivity contribution is 0.0397. The summed E-state index contributed by atoms with van der Waals surface area (Å²) in [7, 11) is 0. The minimum atomic E-state index is -1.10. The molecular formula is C19H24FNOS. The van der Waals surface area contributed by atoms with E-state index in [1.54, 1.807) is 11.3 Å². The number of aliphatic hydroxyl groups is 1. The topological polar surface area (TPSA) is 23.5 Å². The first-order valence-corrected chi connectivity index (χ1v) is 9.25. The van der Waals surface area contributed by atoms with E-state index in [0.29, 0.717) is 12.5 Å². The summed E-state index contributed by atoms with van der Waals surface area (Å²) in [6.45, 7) is 6.25. The van der Waals surface area contributed by atoms with Crippen molar-refractivity contribution in [3.8, 4) is 0 Å². The Morgan fingerprint density at radius 2 is 2.09 bits per heavy atom. The van der Waals surface area contributed by atoms with Crippen LogP contribution >= 0.6 is 11.3 Å². The minimum absolute atomic E-state index is 0.278. The van der Waals surface area contributed by atoms with Crippen LogP contribution in [0.1, 0.15) is 42.7 Å². The number of halogens is 1. The van der Waals surface area contributed by atoms with Gasteiger partial charge in [0, 0.05) is 17.3 Å². The molecule has 2 atom stereocenters. The van der Waals surface area contributed by atoms with Crippen LogP contribution in [0.2, 0.25) is 0 Å². The molecule has 0 saturated carbocycles. The molecule has 3 rings (SSSR count). The third-order valence-electron chi connectivity index (χ3n) is 5.05. The van der Waals surface area contributed by atoms with Crippen molar-refractivity contribution in [3.05, 3.63) is 57.5 Å². The number of rotatable bonds is 4. The molecule has 0 radical (unpaired) electrons. The van der Waals surface area contributed by atoms with Gasteiger partial charge in [-0.2, -0.15) is 0 Å². The van der Waals surface area contributed by atoms with Crippen LogP contribution in [0.25, 0.3) is 0 Å². The van der Waals surface area contributed by atoms with Gasteiger partial charge in [-0.1, -0.05) is 26.0 Å². The molecule has 1 aromatic heterocycles. The van der Waals surface area contributed by atoms with Gasteiger partial charge in [0.2, 0.25) is 0 Å². The normalized spacial score (nSPS) is 24.5. The first-order valence-electron chi connectivity index (χ1n) is 8.37. The fourth-order valence-electron chi connectivity index (χ4n) is 3.83. The second-order valence-electron chi connectivity index (χ2n) is 6.26. The predicted octanol–water partition coefficient (Wildman–Crippen LogP) is 4.17. The van der Waals surface area contributed by atoms with Gasteiger partial charge in [0.15, 0.2) is 0 Å². The second kappa shape index (κ2) is 6.71. The Balaban J connectivity index is 2.09. The molecule has 1 N–H and O–H groups in total. The number of hydrogen-bond acceptors (Lipinski definition) is 3. The van der Waals surface area contributed by atoms with Crippen molar-refractivity contribution in [2.45, 2.75) is 44.8 Å². The van der Waals surface area contributed by atoms with Crippen molar-refractivity contribution in [2.24, 2.45) is 0 Å². The van der Waals surface area contributed by atoms with E-state index in [1.165, 1.54) is 12.1 Å². The van der Waals surface area contributed by atoms with E-state index in [1.807, 2.05) is 23.6 Å². The van der Waals surface area contributed by atoms with Crippen LogP contribution in [0.15, 0.2) is 35.7 Å². The fraction of sp³-hybridized carbons (Fsp3) is 0.474. The Morgan fingerprint density at radius 1 is 1.30 bits per heavy atom. The molecule has 1 aliphatic rings. The minimum Gasteiger partial charge on any atom is -0.379 e. The molecule has 1 heterocycles. The molecule has 0 spiro atoms. The van der Waals surface area contributed by atoms with Gasteiger partial charge >= 0.3 is 0 Å². The summed E-state index contributed by atoms with van der Waals surface area (Å²) in [5.74, 6) is -0.278. The Bertz CT molecular complexity index is 653. The van der Waals surface area contributed by atoms with Crippen molar-refractivity contribution >= 4 is 11.3 Å². The highest BCUT2D eigenvalue weighted by Crippen LogP contribution is 2.42. The van der Waals surface area contributed by atoms with Gasteiger partial charge in [0.25, 0.3) is 0 Å². The average Bonchev–Trinajstić information content (AvgIpc) is 3.05. The molecule has 0 fully saturated rings.